The first-order valence-corrected chi connectivity index (χ1v) is 6.55. The van der Waals surface area contributed by atoms with Crippen LogP contribution in [0.25, 0.3) is 6.08 Å². The second-order valence-corrected chi connectivity index (χ2v) is 4.76. The van der Waals surface area contributed by atoms with Gasteiger partial charge in [0.1, 0.15) is 5.02 Å². The predicted octanol–water partition coefficient (Wildman–Crippen LogP) is 4.02. The highest BCUT2D eigenvalue weighted by Crippen LogP contribution is 2.25. The maximum absolute atomic E-state index is 12.0. The number of nitriles is 1. The summed E-state index contributed by atoms with van der Waals surface area (Å²) in [5.74, 6) is -0.371. The van der Waals surface area contributed by atoms with Crippen LogP contribution in [0, 0.1) is 21.4 Å². The second-order valence-electron chi connectivity index (χ2n) is 4.35. The highest BCUT2D eigenvalue weighted by Gasteiger charge is 2.14. The lowest BCUT2D eigenvalue weighted by Gasteiger charge is -1.99. The lowest BCUT2D eigenvalue weighted by molar-refractivity contribution is -0.384. The Bertz CT molecular complexity index is 805. The van der Waals surface area contributed by atoms with Crippen molar-refractivity contribution in [2.45, 2.75) is 0 Å². The minimum absolute atomic E-state index is 0.0161. The van der Waals surface area contributed by atoms with Crippen LogP contribution in [0.5, 0.6) is 0 Å². The maximum Gasteiger partial charge on any atom is 0.288 e. The van der Waals surface area contributed by atoms with Crippen LogP contribution in [0.1, 0.15) is 21.5 Å². The molecule has 0 radical (unpaired) electrons. The van der Waals surface area contributed by atoms with E-state index in [0.717, 1.165) is 11.6 Å². The summed E-state index contributed by atoms with van der Waals surface area (Å²) in [6.07, 6.45) is 2.89. The molecule has 2 aromatic rings. The standard InChI is InChI=1S/C16H9ClN2O3/c17-14-7-6-13(9-15(14)19(21)22)16(20)8-5-11-1-3-12(10-18)4-2-11/h1-9H/b8-5+. The van der Waals surface area contributed by atoms with Gasteiger partial charge in [-0.05, 0) is 35.9 Å². The average Bonchev–Trinajstić information content (AvgIpc) is 2.53. The summed E-state index contributed by atoms with van der Waals surface area (Å²) in [6.45, 7) is 0. The van der Waals surface area contributed by atoms with Gasteiger partial charge in [-0.2, -0.15) is 5.26 Å². The SMILES string of the molecule is N#Cc1ccc(/C=C/C(=O)c2ccc(Cl)c([N+](=O)[O-])c2)cc1. The Morgan fingerprint density at radius 1 is 1.23 bits per heavy atom. The molecular formula is C16H9ClN2O3. The molecule has 0 N–H and O–H groups in total. The van der Waals surface area contributed by atoms with Gasteiger partial charge in [-0.25, -0.2) is 0 Å². The summed E-state index contributed by atoms with van der Waals surface area (Å²) in [4.78, 5) is 22.2. The number of allylic oxidation sites excluding steroid dienone is 1. The minimum atomic E-state index is -0.635. The highest BCUT2D eigenvalue weighted by molar-refractivity contribution is 6.32. The fourth-order valence-corrected chi connectivity index (χ4v) is 1.93. The third kappa shape index (κ3) is 3.57. The van der Waals surface area contributed by atoms with Gasteiger partial charge < -0.3 is 0 Å². The maximum atomic E-state index is 12.0. The monoisotopic (exact) mass is 312 g/mol. The molecule has 0 aliphatic rings. The van der Waals surface area contributed by atoms with Gasteiger partial charge in [-0.3, -0.25) is 14.9 Å². The molecule has 2 rings (SSSR count). The van der Waals surface area contributed by atoms with E-state index in [1.807, 2.05) is 6.07 Å². The number of hydrogen-bond acceptors (Lipinski definition) is 4. The van der Waals surface area contributed by atoms with Crippen LogP contribution in [0.2, 0.25) is 5.02 Å². The number of hydrogen-bond donors (Lipinski definition) is 0. The van der Waals surface area contributed by atoms with Gasteiger partial charge in [-0.15, -0.1) is 0 Å². The van der Waals surface area contributed by atoms with E-state index >= 15 is 0 Å². The first kappa shape index (κ1) is 15.4. The second kappa shape index (κ2) is 6.66. The quantitative estimate of drug-likeness (QED) is 0.369. The van der Waals surface area contributed by atoms with E-state index in [1.165, 1.54) is 18.2 Å². The third-order valence-corrected chi connectivity index (χ3v) is 3.21. The number of carbonyl (C=O) groups excluding carboxylic acids is 1. The van der Waals surface area contributed by atoms with Gasteiger partial charge in [0.05, 0.1) is 16.6 Å². The number of nitro groups is 1. The van der Waals surface area contributed by atoms with Gasteiger partial charge >= 0.3 is 0 Å². The van der Waals surface area contributed by atoms with Crippen molar-refractivity contribution < 1.29 is 9.72 Å². The molecule has 0 spiro atoms. The minimum Gasteiger partial charge on any atom is -0.289 e. The van der Waals surface area contributed by atoms with Gasteiger partial charge in [0.2, 0.25) is 0 Å². The number of benzene rings is 2. The molecule has 0 atom stereocenters. The molecular weight excluding hydrogens is 304 g/mol. The zero-order valence-corrected chi connectivity index (χ0v) is 11.9. The summed E-state index contributed by atoms with van der Waals surface area (Å²) in [6, 6.07) is 12.6. The van der Waals surface area contributed by atoms with Crippen molar-refractivity contribution in [3.05, 3.63) is 80.4 Å². The van der Waals surface area contributed by atoms with Crippen molar-refractivity contribution in [1.29, 1.82) is 5.26 Å². The molecule has 0 aromatic heterocycles. The molecule has 0 saturated heterocycles. The van der Waals surface area contributed by atoms with Crippen molar-refractivity contribution in [2.24, 2.45) is 0 Å². The zero-order chi connectivity index (χ0) is 16.1. The number of carbonyl (C=O) groups is 1. The summed E-state index contributed by atoms with van der Waals surface area (Å²) < 4.78 is 0. The average molecular weight is 313 g/mol. The molecule has 0 bridgehead atoms. The molecule has 0 fully saturated rings. The van der Waals surface area contributed by atoms with Crippen LogP contribution in [0.3, 0.4) is 0 Å². The van der Waals surface area contributed by atoms with Crippen molar-refractivity contribution in [2.75, 3.05) is 0 Å². The molecule has 0 heterocycles. The lowest BCUT2D eigenvalue weighted by atomic mass is 10.1. The van der Waals surface area contributed by atoms with Crippen LogP contribution < -0.4 is 0 Å². The summed E-state index contributed by atoms with van der Waals surface area (Å²) in [7, 11) is 0. The molecule has 5 nitrogen and oxygen atoms in total. The van der Waals surface area contributed by atoms with Crippen LogP contribution in [-0.2, 0) is 0 Å². The Hall–Kier alpha value is -2.97. The molecule has 2 aromatic carbocycles. The van der Waals surface area contributed by atoms with Crippen LogP contribution in [0.4, 0.5) is 5.69 Å². The molecule has 0 saturated carbocycles. The van der Waals surface area contributed by atoms with Crippen molar-refractivity contribution >= 4 is 29.1 Å². The summed E-state index contributed by atoms with van der Waals surface area (Å²) in [5, 5.41) is 19.5. The Morgan fingerprint density at radius 3 is 2.50 bits per heavy atom. The zero-order valence-electron chi connectivity index (χ0n) is 11.2. The number of halogens is 1. The van der Waals surface area contributed by atoms with E-state index in [1.54, 1.807) is 30.3 Å². The van der Waals surface area contributed by atoms with E-state index in [0.29, 0.717) is 5.56 Å². The normalized spacial score (nSPS) is 10.4. The van der Waals surface area contributed by atoms with Gasteiger partial charge in [0.25, 0.3) is 5.69 Å². The van der Waals surface area contributed by atoms with E-state index < -0.39 is 4.92 Å². The van der Waals surface area contributed by atoms with Crippen molar-refractivity contribution in [3.63, 3.8) is 0 Å². The molecule has 0 amide bonds. The van der Waals surface area contributed by atoms with E-state index in [2.05, 4.69) is 0 Å². The van der Waals surface area contributed by atoms with Crippen LogP contribution in [-0.4, -0.2) is 10.7 Å². The topological polar surface area (TPSA) is 84.0 Å². The van der Waals surface area contributed by atoms with Gasteiger partial charge in [-0.1, -0.05) is 29.8 Å². The van der Waals surface area contributed by atoms with E-state index in [9.17, 15) is 14.9 Å². The molecule has 0 unspecified atom stereocenters. The van der Waals surface area contributed by atoms with Gasteiger partial charge in [0, 0.05) is 11.6 Å². The molecule has 108 valence electrons. The highest BCUT2D eigenvalue weighted by atomic mass is 35.5. The molecule has 0 aliphatic carbocycles. The molecule has 6 heteroatoms. The number of ketones is 1. The van der Waals surface area contributed by atoms with E-state index in [-0.39, 0.29) is 22.1 Å². The van der Waals surface area contributed by atoms with Crippen molar-refractivity contribution in [3.8, 4) is 6.07 Å². The molecule has 22 heavy (non-hydrogen) atoms. The largest absolute Gasteiger partial charge is 0.289 e. The summed E-state index contributed by atoms with van der Waals surface area (Å²) >= 11 is 5.70. The van der Waals surface area contributed by atoms with Gasteiger partial charge in [0.15, 0.2) is 5.78 Å². The fraction of sp³-hybridized carbons (Fsp3) is 0. The van der Waals surface area contributed by atoms with Crippen LogP contribution in [0.15, 0.2) is 48.5 Å². The Labute approximate surface area is 131 Å². The number of rotatable bonds is 4. The van der Waals surface area contributed by atoms with Crippen molar-refractivity contribution in [1.82, 2.24) is 0 Å². The Morgan fingerprint density at radius 2 is 1.91 bits per heavy atom. The Kier molecular flexibility index (Phi) is 4.66. The molecule has 0 aliphatic heterocycles. The first-order chi connectivity index (χ1) is 10.5. The fourth-order valence-electron chi connectivity index (χ4n) is 1.74. The first-order valence-electron chi connectivity index (χ1n) is 6.18. The number of nitro benzene ring substituents is 1. The Balaban J connectivity index is 2.21. The summed E-state index contributed by atoms with van der Waals surface area (Å²) in [5.41, 5.74) is 1.15. The number of nitrogens with zero attached hydrogens (tertiary/aromatic N) is 2. The third-order valence-electron chi connectivity index (χ3n) is 2.89. The predicted molar refractivity (Wildman–Crippen MR) is 82.6 cm³/mol. The van der Waals surface area contributed by atoms with E-state index in [4.69, 9.17) is 16.9 Å². The van der Waals surface area contributed by atoms with Crippen LogP contribution >= 0.6 is 11.6 Å². The smallest absolute Gasteiger partial charge is 0.288 e. The lowest BCUT2D eigenvalue weighted by Crippen LogP contribution is -1.97.